The highest BCUT2D eigenvalue weighted by molar-refractivity contribution is 5.76. The lowest BCUT2D eigenvalue weighted by molar-refractivity contribution is -0.302. The van der Waals surface area contributed by atoms with Gasteiger partial charge in [0, 0.05) is 6.42 Å². The van der Waals surface area contributed by atoms with Crippen LogP contribution in [0.1, 0.15) is 162 Å². The predicted molar refractivity (Wildman–Crippen MR) is 193 cm³/mol. The van der Waals surface area contributed by atoms with Gasteiger partial charge in [-0.3, -0.25) is 4.79 Å². The molecule has 6 N–H and O–H groups in total. The number of allylic oxidation sites excluding steroid dienone is 3. The first-order valence-corrected chi connectivity index (χ1v) is 19.5. The average Bonchev–Trinajstić information content (AvgIpc) is 3.08. The van der Waals surface area contributed by atoms with Crippen LogP contribution in [0.5, 0.6) is 0 Å². The largest absolute Gasteiger partial charge is 0.394 e. The highest BCUT2D eigenvalue weighted by Gasteiger charge is 2.44. The second kappa shape index (κ2) is 29.4. The Balaban J connectivity index is 2.55. The molecule has 9 nitrogen and oxygen atoms in total. The van der Waals surface area contributed by atoms with Crippen molar-refractivity contribution in [2.75, 3.05) is 13.2 Å². The molecule has 1 amide bonds. The van der Waals surface area contributed by atoms with Gasteiger partial charge in [0.05, 0.1) is 25.4 Å². The molecule has 48 heavy (non-hydrogen) atoms. The van der Waals surface area contributed by atoms with Gasteiger partial charge in [0.1, 0.15) is 24.4 Å². The third-order valence-corrected chi connectivity index (χ3v) is 9.39. The maximum atomic E-state index is 12.9. The quantitative estimate of drug-likeness (QED) is 0.0359. The molecule has 0 spiro atoms. The Morgan fingerprint density at radius 2 is 1.27 bits per heavy atom. The SMILES string of the molecule is CCCCCCCCCCCCCC(=O)NC(COC1OC(CO)C(O)C(O)C1O)C(O)C=CCCC=C(C)CCCCCCCCC. The number of carbonyl (C=O) groups is 1. The summed E-state index contributed by atoms with van der Waals surface area (Å²) >= 11 is 0. The zero-order valence-electron chi connectivity index (χ0n) is 30.7. The van der Waals surface area contributed by atoms with E-state index in [9.17, 15) is 30.3 Å². The van der Waals surface area contributed by atoms with E-state index in [4.69, 9.17) is 9.47 Å². The summed E-state index contributed by atoms with van der Waals surface area (Å²) in [6, 6.07) is -0.816. The van der Waals surface area contributed by atoms with E-state index in [-0.39, 0.29) is 12.5 Å². The normalized spacial score (nSPS) is 23.1. The highest BCUT2D eigenvalue weighted by Crippen LogP contribution is 2.22. The molecule has 282 valence electrons. The number of hydrogen-bond donors (Lipinski definition) is 6. The Morgan fingerprint density at radius 3 is 1.81 bits per heavy atom. The lowest BCUT2D eigenvalue weighted by Crippen LogP contribution is -2.60. The Morgan fingerprint density at radius 1 is 0.750 bits per heavy atom. The number of amides is 1. The molecule has 9 heteroatoms. The Labute approximate surface area is 292 Å². The number of hydrogen-bond acceptors (Lipinski definition) is 8. The number of nitrogens with one attached hydrogen (secondary N) is 1. The fourth-order valence-electron chi connectivity index (χ4n) is 6.12. The fourth-order valence-corrected chi connectivity index (χ4v) is 6.12. The van der Waals surface area contributed by atoms with Gasteiger partial charge in [-0.15, -0.1) is 0 Å². The number of ether oxygens (including phenoxy) is 2. The molecule has 0 radical (unpaired) electrons. The third kappa shape index (κ3) is 21.0. The molecule has 1 heterocycles. The minimum Gasteiger partial charge on any atom is -0.394 e. The summed E-state index contributed by atoms with van der Waals surface area (Å²) < 4.78 is 11.2. The minimum absolute atomic E-state index is 0.190. The summed E-state index contributed by atoms with van der Waals surface area (Å²) in [6.45, 7) is 5.88. The molecule has 0 aromatic rings. The van der Waals surface area contributed by atoms with Crippen LogP contribution in [0.2, 0.25) is 0 Å². The van der Waals surface area contributed by atoms with Crippen molar-refractivity contribution in [2.45, 2.75) is 205 Å². The fraction of sp³-hybridized carbons (Fsp3) is 0.872. The third-order valence-electron chi connectivity index (χ3n) is 9.39. The molecule has 0 aromatic carbocycles. The lowest BCUT2D eigenvalue weighted by Gasteiger charge is -2.40. The van der Waals surface area contributed by atoms with Crippen molar-refractivity contribution >= 4 is 5.91 Å². The maximum absolute atomic E-state index is 12.9. The van der Waals surface area contributed by atoms with E-state index in [1.54, 1.807) is 6.08 Å². The molecule has 7 unspecified atom stereocenters. The Bertz CT molecular complexity index is 835. The molecule has 0 bridgehead atoms. The number of aliphatic hydroxyl groups excluding tert-OH is 5. The molecule has 1 aliphatic rings. The first-order chi connectivity index (χ1) is 23.2. The standard InChI is InChI=1S/C39H73NO8/c1-4-6-8-10-12-13-14-15-17-19-24-28-35(43)40-32(30-47-39-38(46)37(45)36(44)34(29-41)48-39)33(42)27-23-20-22-26-31(3)25-21-18-16-11-9-7-5-2/h23,26-27,32-34,36-39,41-42,44-46H,4-22,24-25,28-30H2,1-3H3,(H,40,43). The van der Waals surface area contributed by atoms with Gasteiger partial charge in [-0.2, -0.15) is 0 Å². The van der Waals surface area contributed by atoms with E-state index < -0.39 is 49.5 Å². The molecule has 0 aromatic heterocycles. The molecule has 1 aliphatic heterocycles. The zero-order chi connectivity index (χ0) is 35.4. The van der Waals surface area contributed by atoms with Crippen LogP contribution in [0.3, 0.4) is 0 Å². The number of carbonyl (C=O) groups excluding carboxylic acids is 1. The number of rotatable bonds is 30. The van der Waals surface area contributed by atoms with Gasteiger partial charge in [0.2, 0.25) is 5.91 Å². The number of aliphatic hydroxyl groups is 5. The molecular weight excluding hydrogens is 610 g/mol. The summed E-state index contributed by atoms with van der Waals surface area (Å²) in [6.07, 6.45) is 23.0. The topological polar surface area (TPSA) is 149 Å². The van der Waals surface area contributed by atoms with Crippen LogP contribution in [0.15, 0.2) is 23.8 Å². The van der Waals surface area contributed by atoms with Gasteiger partial charge in [-0.05, 0) is 39.0 Å². The van der Waals surface area contributed by atoms with E-state index in [2.05, 4.69) is 32.2 Å². The molecular formula is C39H73NO8. The van der Waals surface area contributed by atoms with Crippen molar-refractivity contribution in [2.24, 2.45) is 0 Å². The second-order valence-electron chi connectivity index (χ2n) is 13.9. The van der Waals surface area contributed by atoms with Crippen LogP contribution >= 0.6 is 0 Å². The van der Waals surface area contributed by atoms with Crippen molar-refractivity contribution in [3.8, 4) is 0 Å². The van der Waals surface area contributed by atoms with Crippen LogP contribution in [0, 0.1) is 0 Å². The van der Waals surface area contributed by atoms with Crippen LogP contribution in [-0.2, 0) is 14.3 Å². The molecule has 0 saturated carbocycles. The van der Waals surface area contributed by atoms with Crippen molar-refractivity contribution in [1.82, 2.24) is 5.32 Å². The van der Waals surface area contributed by atoms with Crippen molar-refractivity contribution in [1.29, 1.82) is 0 Å². The van der Waals surface area contributed by atoms with Crippen LogP contribution in [0.25, 0.3) is 0 Å². The van der Waals surface area contributed by atoms with E-state index in [1.807, 2.05) is 6.08 Å². The molecule has 1 rings (SSSR count). The molecule has 1 fully saturated rings. The van der Waals surface area contributed by atoms with Crippen molar-refractivity contribution in [3.63, 3.8) is 0 Å². The summed E-state index contributed by atoms with van der Waals surface area (Å²) in [7, 11) is 0. The highest BCUT2D eigenvalue weighted by atomic mass is 16.7. The summed E-state index contributed by atoms with van der Waals surface area (Å²) in [5, 5.41) is 53.9. The smallest absolute Gasteiger partial charge is 0.220 e. The van der Waals surface area contributed by atoms with E-state index in [0.717, 1.165) is 38.5 Å². The van der Waals surface area contributed by atoms with Gasteiger partial charge in [-0.1, -0.05) is 140 Å². The first-order valence-electron chi connectivity index (χ1n) is 19.5. The van der Waals surface area contributed by atoms with Gasteiger partial charge >= 0.3 is 0 Å². The van der Waals surface area contributed by atoms with Crippen LogP contribution in [0.4, 0.5) is 0 Å². The molecule has 7 atom stereocenters. The molecule has 0 aliphatic carbocycles. The van der Waals surface area contributed by atoms with Gasteiger partial charge in [-0.25, -0.2) is 0 Å². The van der Waals surface area contributed by atoms with Crippen molar-refractivity contribution < 1.29 is 39.8 Å². The van der Waals surface area contributed by atoms with E-state index >= 15 is 0 Å². The minimum atomic E-state index is -1.57. The first kappa shape index (κ1) is 44.7. The van der Waals surface area contributed by atoms with Crippen molar-refractivity contribution in [3.05, 3.63) is 23.8 Å². The van der Waals surface area contributed by atoms with Crippen LogP contribution in [-0.4, -0.2) is 87.5 Å². The summed E-state index contributed by atoms with van der Waals surface area (Å²) in [5.41, 5.74) is 1.39. The maximum Gasteiger partial charge on any atom is 0.220 e. The van der Waals surface area contributed by atoms with Gasteiger partial charge < -0.3 is 40.3 Å². The van der Waals surface area contributed by atoms with Gasteiger partial charge in [0.25, 0.3) is 0 Å². The summed E-state index contributed by atoms with van der Waals surface area (Å²) in [5.74, 6) is -0.190. The van der Waals surface area contributed by atoms with Crippen LogP contribution < -0.4 is 5.32 Å². The monoisotopic (exact) mass is 684 g/mol. The second-order valence-corrected chi connectivity index (χ2v) is 13.9. The zero-order valence-corrected chi connectivity index (χ0v) is 30.7. The predicted octanol–water partition coefficient (Wildman–Crippen LogP) is 6.77. The molecule has 1 saturated heterocycles. The summed E-state index contributed by atoms with van der Waals surface area (Å²) in [4.78, 5) is 12.9. The Kier molecular flexibility index (Phi) is 27.4. The number of unbranched alkanes of at least 4 members (excludes halogenated alkanes) is 17. The lowest BCUT2D eigenvalue weighted by atomic mass is 9.99. The average molecular weight is 684 g/mol. The van der Waals surface area contributed by atoms with Gasteiger partial charge in [0.15, 0.2) is 6.29 Å². The Hall–Kier alpha value is -1.33. The van der Waals surface area contributed by atoms with E-state index in [0.29, 0.717) is 6.42 Å². The van der Waals surface area contributed by atoms with E-state index in [1.165, 1.54) is 102 Å².